The Morgan fingerprint density at radius 2 is 1.04 bits per heavy atom. The maximum Gasteiger partial charge on any atom is 0.0245 e. The molecular formula is C26H26. The molecule has 0 aliphatic carbocycles. The summed E-state index contributed by atoms with van der Waals surface area (Å²) < 4.78 is 0. The first-order chi connectivity index (χ1) is 12.8. The Morgan fingerprint density at radius 1 is 0.654 bits per heavy atom. The second-order valence-corrected chi connectivity index (χ2v) is 6.21. The van der Waals surface area contributed by atoms with Crippen LogP contribution in [0.4, 0.5) is 0 Å². The number of hydrogen-bond acceptors (Lipinski definition) is 0. The predicted octanol–water partition coefficient (Wildman–Crippen LogP) is 6.25. The van der Waals surface area contributed by atoms with Crippen LogP contribution in [-0.4, -0.2) is 0 Å². The molecule has 0 aliphatic rings. The van der Waals surface area contributed by atoms with Gasteiger partial charge in [0, 0.05) is 24.0 Å². The van der Waals surface area contributed by atoms with Crippen LogP contribution in [0.15, 0.2) is 86.0 Å². The van der Waals surface area contributed by atoms with E-state index >= 15 is 0 Å². The maximum atomic E-state index is 4.01. The normalized spacial score (nSPS) is 11.8. The Morgan fingerprint density at radius 3 is 1.38 bits per heavy atom. The van der Waals surface area contributed by atoms with Crippen LogP contribution in [-0.2, 0) is 0 Å². The molecule has 26 heavy (non-hydrogen) atoms. The minimum absolute atomic E-state index is 0.399. The van der Waals surface area contributed by atoms with E-state index < -0.39 is 0 Å². The van der Waals surface area contributed by atoms with Crippen LogP contribution in [0.2, 0.25) is 0 Å². The lowest BCUT2D eigenvalue weighted by Gasteiger charge is -2.19. The molecule has 2 aromatic rings. The number of benzene rings is 2. The fourth-order valence-electron chi connectivity index (χ4n) is 2.86. The van der Waals surface area contributed by atoms with Gasteiger partial charge >= 0.3 is 0 Å². The van der Waals surface area contributed by atoms with E-state index in [-0.39, 0.29) is 0 Å². The average molecular weight is 338 g/mol. The molecule has 0 fully saturated rings. The summed E-state index contributed by atoms with van der Waals surface area (Å²) in [7, 11) is 0. The zero-order valence-electron chi connectivity index (χ0n) is 15.3. The van der Waals surface area contributed by atoms with E-state index in [1.165, 1.54) is 0 Å². The van der Waals surface area contributed by atoms with Crippen molar-refractivity contribution in [1.82, 2.24) is 0 Å². The van der Waals surface area contributed by atoms with Gasteiger partial charge in [-0.05, 0) is 48.9 Å². The van der Waals surface area contributed by atoms with E-state index in [9.17, 15) is 0 Å². The van der Waals surface area contributed by atoms with E-state index in [2.05, 4.69) is 36.8 Å². The maximum absolute atomic E-state index is 4.01. The molecule has 2 aromatic carbocycles. The van der Waals surface area contributed by atoms with E-state index in [1.807, 2.05) is 72.8 Å². The number of hydrogen-bond donors (Lipinski definition) is 0. The van der Waals surface area contributed by atoms with Gasteiger partial charge in [0.05, 0.1) is 0 Å². The van der Waals surface area contributed by atoms with Crippen LogP contribution in [0.1, 0.15) is 36.8 Å². The molecule has 2 rings (SSSR count). The van der Waals surface area contributed by atoms with Crippen molar-refractivity contribution in [3.05, 3.63) is 97.1 Å². The van der Waals surface area contributed by atoms with Crippen LogP contribution in [0, 0.1) is 35.5 Å². The highest BCUT2D eigenvalue weighted by molar-refractivity contribution is 5.34. The molecule has 0 spiro atoms. The highest BCUT2D eigenvalue weighted by atomic mass is 14.2. The third-order valence-corrected chi connectivity index (χ3v) is 4.37. The van der Waals surface area contributed by atoms with Gasteiger partial charge < -0.3 is 0 Å². The Labute approximate surface area is 158 Å². The van der Waals surface area contributed by atoms with Gasteiger partial charge in [0.2, 0.25) is 0 Å². The van der Waals surface area contributed by atoms with Crippen molar-refractivity contribution >= 4 is 0 Å². The van der Waals surface area contributed by atoms with Gasteiger partial charge in [-0.1, -0.05) is 72.2 Å². The minimum atomic E-state index is 0.399. The molecule has 0 aromatic heterocycles. The molecule has 2 atom stereocenters. The zero-order chi connectivity index (χ0) is 18.5. The van der Waals surface area contributed by atoms with Crippen molar-refractivity contribution in [3.8, 4) is 23.7 Å². The Hall–Kier alpha value is -2.96. The van der Waals surface area contributed by atoms with Crippen LogP contribution >= 0.6 is 0 Å². The summed E-state index contributed by atoms with van der Waals surface area (Å²) in [5.41, 5.74) is 2.14. The van der Waals surface area contributed by atoms with Crippen LogP contribution in [0.25, 0.3) is 0 Å². The van der Waals surface area contributed by atoms with Gasteiger partial charge in [0.15, 0.2) is 0 Å². The third kappa shape index (κ3) is 6.88. The molecule has 0 radical (unpaired) electrons. The summed E-state index contributed by atoms with van der Waals surface area (Å²) >= 11 is 0. The van der Waals surface area contributed by atoms with Gasteiger partial charge in [-0.15, -0.1) is 13.2 Å². The molecule has 0 heterocycles. The Kier molecular flexibility index (Phi) is 8.62. The Balaban J connectivity index is 1.82. The van der Waals surface area contributed by atoms with Crippen LogP contribution in [0.5, 0.6) is 0 Å². The fraction of sp³-hybridized carbons (Fsp3) is 0.231. The van der Waals surface area contributed by atoms with Gasteiger partial charge in [-0.2, -0.15) is 0 Å². The largest absolute Gasteiger partial charge is 0.103 e. The predicted molar refractivity (Wildman–Crippen MR) is 112 cm³/mol. The van der Waals surface area contributed by atoms with Crippen molar-refractivity contribution in [2.45, 2.75) is 25.7 Å². The second kappa shape index (κ2) is 11.6. The van der Waals surface area contributed by atoms with Crippen molar-refractivity contribution < 1.29 is 0 Å². The molecule has 0 unspecified atom stereocenters. The fourth-order valence-corrected chi connectivity index (χ4v) is 2.86. The molecule has 0 N–H and O–H groups in total. The lowest BCUT2D eigenvalue weighted by molar-refractivity contribution is 0.430. The van der Waals surface area contributed by atoms with E-state index in [4.69, 9.17) is 0 Å². The van der Waals surface area contributed by atoms with Crippen molar-refractivity contribution in [2.24, 2.45) is 11.8 Å². The summed E-state index contributed by atoms with van der Waals surface area (Å²) in [6.45, 7) is 8.02. The average Bonchev–Trinajstić information content (AvgIpc) is 2.70. The minimum Gasteiger partial charge on any atom is -0.103 e. The molecule has 0 saturated heterocycles. The molecule has 130 valence electrons. The van der Waals surface area contributed by atoms with Crippen molar-refractivity contribution in [3.63, 3.8) is 0 Å². The molecule has 0 aliphatic heterocycles. The first kappa shape index (κ1) is 19.4. The van der Waals surface area contributed by atoms with Crippen molar-refractivity contribution in [1.29, 1.82) is 0 Å². The summed E-state index contributed by atoms with van der Waals surface area (Å²) in [5.74, 6) is 13.8. The monoisotopic (exact) mass is 338 g/mol. The first-order valence-corrected chi connectivity index (χ1v) is 9.16. The summed E-state index contributed by atoms with van der Waals surface area (Å²) in [6, 6.07) is 20.2. The summed E-state index contributed by atoms with van der Waals surface area (Å²) in [4.78, 5) is 0. The smallest absolute Gasteiger partial charge is 0.0245 e. The van der Waals surface area contributed by atoms with Crippen LogP contribution in [0.3, 0.4) is 0 Å². The summed E-state index contributed by atoms with van der Waals surface area (Å²) in [5, 5.41) is 0. The van der Waals surface area contributed by atoms with Gasteiger partial charge in [0.25, 0.3) is 0 Å². The molecule has 0 nitrogen and oxygen atoms in total. The topological polar surface area (TPSA) is 0 Å². The highest BCUT2D eigenvalue weighted by Gasteiger charge is 2.14. The van der Waals surface area contributed by atoms with Crippen LogP contribution < -0.4 is 0 Å². The van der Waals surface area contributed by atoms with Gasteiger partial charge in [-0.25, -0.2) is 0 Å². The lowest BCUT2D eigenvalue weighted by Crippen LogP contribution is -2.10. The first-order valence-electron chi connectivity index (χ1n) is 9.16. The van der Waals surface area contributed by atoms with Crippen molar-refractivity contribution in [2.75, 3.05) is 0 Å². The standard InChI is InChI=1S/C26H26/c1-3-25(21-13-11-19-23-15-7-5-8-16-23)26(4-2)22-14-12-20-24-17-9-6-10-18-24/h3-10,15-18,25-26H,1-2,13-14,21-22H2/t25-,26+. The summed E-state index contributed by atoms with van der Waals surface area (Å²) in [6.07, 6.45) is 7.83. The number of rotatable bonds is 7. The second-order valence-electron chi connectivity index (χ2n) is 6.21. The van der Waals surface area contributed by atoms with E-state index in [0.29, 0.717) is 11.8 Å². The van der Waals surface area contributed by atoms with E-state index in [1.54, 1.807) is 0 Å². The third-order valence-electron chi connectivity index (χ3n) is 4.37. The van der Waals surface area contributed by atoms with Gasteiger partial charge in [-0.3, -0.25) is 0 Å². The van der Waals surface area contributed by atoms with Gasteiger partial charge in [0.1, 0.15) is 0 Å². The van der Waals surface area contributed by atoms with E-state index in [0.717, 1.165) is 36.8 Å². The zero-order valence-corrected chi connectivity index (χ0v) is 15.3. The quantitative estimate of drug-likeness (QED) is 0.413. The molecule has 0 heteroatoms. The molecule has 0 amide bonds. The Bertz CT molecular complexity index is 720. The number of allylic oxidation sites excluding steroid dienone is 2. The SMILES string of the molecule is C=C[C@H](CCC#Cc1ccccc1)[C@@H](C=C)CCC#Cc1ccccc1. The highest BCUT2D eigenvalue weighted by Crippen LogP contribution is 2.24. The molecule has 0 bridgehead atoms. The molecular weight excluding hydrogens is 312 g/mol. The lowest BCUT2D eigenvalue weighted by atomic mass is 9.85. The molecule has 0 saturated carbocycles.